The minimum atomic E-state index is 0.809. The van der Waals surface area contributed by atoms with E-state index in [1.165, 1.54) is 0 Å². The maximum atomic E-state index is 5.35. The van der Waals surface area contributed by atoms with Crippen LogP contribution in [0.5, 0.6) is 23.0 Å². The summed E-state index contributed by atoms with van der Waals surface area (Å²) in [4.78, 5) is 7.31. The number of ether oxygens (including phenoxy) is 4. The van der Waals surface area contributed by atoms with Gasteiger partial charge in [0.1, 0.15) is 23.0 Å². The molecule has 0 atom stereocenters. The number of hydrogen-bond donors (Lipinski definition) is 0. The van der Waals surface area contributed by atoms with Crippen LogP contribution in [0.25, 0.3) is 5.57 Å². The monoisotopic (exact) mass is 724 g/mol. The lowest BCUT2D eigenvalue weighted by atomic mass is 9.99. The van der Waals surface area contributed by atoms with E-state index in [-0.39, 0.29) is 0 Å². The van der Waals surface area contributed by atoms with Gasteiger partial charge in [-0.1, -0.05) is 67.2 Å². The van der Waals surface area contributed by atoms with E-state index >= 15 is 0 Å². The Morgan fingerprint density at radius 1 is 0.382 bits per heavy atom. The summed E-state index contributed by atoms with van der Waals surface area (Å²) in [7, 11) is 6.66. The molecule has 0 aliphatic rings. The number of nitrogens with zero attached hydrogens (tertiary/aromatic N) is 2. The average molecular weight is 725 g/mol. The van der Waals surface area contributed by atoms with E-state index in [1.54, 1.807) is 28.4 Å². The summed E-state index contributed by atoms with van der Waals surface area (Å²) in [6.45, 7) is 4.12. The van der Waals surface area contributed by atoms with Gasteiger partial charge in [0.2, 0.25) is 0 Å². The average Bonchev–Trinajstić information content (AvgIpc) is 3.27. The highest BCUT2D eigenvalue weighted by molar-refractivity contribution is 6.14. The molecule has 7 aromatic carbocycles. The van der Waals surface area contributed by atoms with Gasteiger partial charge in [0, 0.05) is 28.2 Å². The normalized spacial score (nSPS) is 10.3. The molecule has 6 heteroatoms. The lowest BCUT2D eigenvalue weighted by Gasteiger charge is -2.25. The summed E-state index contributed by atoms with van der Waals surface area (Å²) >= 11 is 0. The lowest BCUT2D eigenvalue weighted by Crippen LogP contribution is -2.09. The van der Waals surface area contributed by atoms with Gasteiger partial charge in [-0.05, 0) is 138 Å². The van der Waals surface area contributed by atoms with Crippen LogP contribution in [0.1, 0.15) is 22.3 Å². The zero-order valence-electron chi connectivity index (χ0n) is 31.6. The van der Waals surface area contributed by atoms with Crippen molar-refractivity contribution in [3.8, 4) is 23.0 Å². The second-order valence-electron chi connectivity index (χ2n) is 12.4. The smallest absolute Gasteiger partial charge is 0.118 e. The first-order valence-electron chi connectivity index (χ1n) is 17.8. The molecule has 0 saturated carbocycles. The molecule has 55 heavy (non-hydrogen) atoms. The van der Waals surface area contributed by atoms with Crippen molar-refractivity contribution in [2.24, 2.45) is 4.99 Å². The molecule has 0 fully saturated rings. The van der Waals surface area contributed by atoms with E-state index in [2.05, 4.69) is 84.3 Å². The van der Waals surface area contributed by atoms with Crippen LogP contribution < -0.4 is 23.8 Å². The van der Waals surface area contributed by atoms with Gasteiger partial charge in [0.05, 0.1) is 39.8 Å². The number of hydrogen-bond acceptors (Lipinski definition) is 6. The molecule has 0 heterocycles. The molecule has 7 aromatic rings. The van der Waals surface area contributed by atoms with E-state index in [1.807, 2.05) is 109 Å². The van der Waals surface area contributed by atoms with E-state index in [0.29, 0.717) is 0 Å². The van der Waals surface area contributed by atoms with Gasteiger partial charge >= 0.3 is 0 Å². The van der Waals surface area contributed by atoms with Gasteiger partial charge < -0.3 is 23.8 Å². The predicted octanol–water partition coefficient (Wildman–Crippen LogP) is 12.1. The van der Waals surface area contributed by atoms with Gasteiger partial charge in [0.25, 0.3) is 0 Å². The molecular formula is C49H44N2O4. The van der Waals surface area contributed by atoms with Crippen LogP contribution in [-0.2, 0) is 0 Å². The fourth-order valence-corrected chi connectivity index (χ4v) is 5.95. The van der Waals surface area contributed by atoms with Crippen molar-refractivity contribution in [3.05, 3.63) is 211 Å². The van der Waals surface area contributed by atoms with Crippen molar-refractivity contribution in [2.75, 3.05) is 33.3 Å². The van der Waals surface area contributed by atoms with Crippen LogP contribution in [0.15, 0.2) is 194 Å². The first-order valence-corrected chi connectivity index (χ1v) is 17.8. The number of anilines is 3. The van der Waals surface area contributed by atoms with Crippen LogP contribution >= 0.6 is 0 Å². The standard InChI is InChI=1S/C33H28N2O2.C16H16O2/c1-36-31-21-13-25(14-22-31)33(26-15-23-32(37-2)24-16-26)34-27-17-19-30(20-18-27)35(28-9-5-3-6-10-28)29-11-7-4-8-12-29;1-12(13-4-8-15(17-2)9-5-13)14-6-10-16(18-3)11-7-14/h3-24H,1-2H3;4-11H,1H2,2-3H3. The predicted molar refractivity (Wildman–Crippen MR) is 227 cm³/mol. The molecule has 0 unspecified atom stereocenters. The molecule has 0 bridgehead atoms. The van der Waals surface area contributed by atoms with Gasteiger partial charge in [0.15, 0.2) is 0 Å². The Labute approximate surface area is 324 Å². The van der Waals surface area contributed by atoms with Crippen molar-refractivity contribution in [2.45, 2.75) is 0 Å². The minimum absolute atomic E-state index is 0.809. The third kappa shape index (κ3) is 9.69. The van der Waals surface area contributed by atoms with Gasteiger partial charge in [-0.3, -0.25) is 0 Å². The van der Waals surface area contributed by atoms with Crippen molar-refractivity contribution < 1.29 is 18.9 Å². The highest BCUT2D eigenvalue weighted by atomic mass is 16.5. The SMILES string of the molecule is C=C(c1ccc(OC)cc1)c1ccc(OC)cc1.COc1ccc(C(=Nc2ccc(N(c3ccccc3)c3ccccc3)cc2)c2ccc(OC)cc2)cc1. The highest BCUT2D eigenvalue weighted by Gasteiger charge is 2.13. The van der Waals surface area contributed by atoms with E-state index in [0.717, 1.165) is 79.3 Å². The lowest BCUT2D eigenvalue weighted by molar-refractivity contribution is 0.414. The van der Waals surface area contributed by atoms with Gasteiger partial charge in [-0.2, -0.15) is 0 Å². The molecule has 0 spiro atoms. The summed E-state index contributed by atoms with van der Waals surface area (Å²) in [6.07, 6.45) is 0. The number of aliphatic imine (C=N–C) groups is 1. The van der Waals surface area contributed by atoms with Crippen LogP contribution in [-0.4, -0.2) is 34.2 Å². The molecule has 274 valence electrons. The van der Waals surface area contributed by atoms with Crippen molar-refractivity contribution in [3.63, 3.8) is 0 Å². The quantitative estimate of drug-likeness (QED) is 0.117. The van der Waals surface area contributed by atoms with Crippen LogP contribution in [0.3, 0.4) is 0 Å². The summed E-state index contributed by atoms with van der Waals surface area (Å²) in [5.41, 5.74) is 10.2. The molecule has 6 nitrogen and oxygen atoms in total. The van der Waals surface area contributed by atoms with Gasteiger partial charge in [-0.25, -0.2) is 4.99 Å². The fraction of sp³-hybridized carbons (Fsp3) is 0.0816. The Balaban J connectivity index is 0.000000239. The molecule has 0 aromatic heterocycles. The van der Waals surface area contributed by atoms with Crippen LogP contribution in [0.4, 0.5) is 22.7 Å². The molecule has 0 aliphatic heterocycles. The van der Waals surface area contributed by atoms with Crippen LogP contribution in [0, 0.1) is 0 Å². The Morgan fingerprint density at radius 3 is 1.02 bits per heavy atom. The van der Waals surface area contributed by atoms with Crippen molar-refractivity contribution in [1.29, 1.82) is 0 Å². The second-order valence-corrected chi connectivity index (χ2v) is 12.4. The summed E-state index contributed by atoms with van der Waals surface area (Å²) in [5.74, 6) is 3.32. The zero-order chi connectivity index (χ0) is 38.4. The molecule has 0 aliphatic carbocycles. The third-order valence-corrected chi connectivity index (χ3v) is 8.98. The maximum absolute atomic E-state index is 5.35. The summed E-state index contributed by atoms with van der Waals surface area (Å²) in [6, 6.07) is 60.8. The highest BCUT2D eigenvalue weighted by Crippen LogP contribution is 2.35. The van der Waals surface area contributed by atoms with E-state index < -0.39 is 0 Å². The third-order valence-electron chi connectivity index (χ3n) is 8.98. The first-order chi connectivity index (χ1) is 27.0. The summed E-state index contributed by atoms with van der Waals surface area (Å²) < 4.78 is 21.0. The molecular weight excluding hydrogens is 681 g/mol. The van der Waals surface area contributed by atoms with E-state index in [4.69, 9.17) is 23.9 Å². The Morgan fingerprint density at radius 2 is 0.691 bits per heavy atom. The Hall–Kier alpha value is -7.05. The zero-order valence-corrected chi connectivity index (χ0v) is 31.6. The Kier molecular flexibility index (Phi) is 12.8. The number of methoxy groups -OCH3 is 4. The maximum Gasteiger partial charge on any atom is 0.118 e. The number of para-hydroxylation sites is 2. The topological polar surface area (TPSA) is 52.5 Å². The molecule has 0 amide bonds. The van der Waals surface area contributed by atoms with E-state index in [9.17, 15) is 0 Å². The van der Waals surface area contributed by atoms with Crippen molar-refractivity contribution >= 4 is 34.0 Å². The molecule has 0 radical (unpaired) electrons. The minimum Gasteiger partial charge on any atom is -0.497 e. The number of rotatable bonds is 12. The second kappa shape index (κ2) is 18.6. The molecule has 7 rings (SSSR count). The van der Waals surface area contributed by atoms with Crippen molar-refractivity contribution in [1.82, 2.24) is 0 Å². The Bertz CT molecular complexity index is 2130. The molecule has 0 N–H and O–H groups in total. The first kappa shape index (κ1) is 37.7. The number of benzene rings is 7. The fourth-order valence-electron chi connectivity index (χ4n) is 5.95. The van der Waals surface area contributed by atoms with Gasteiger partial charge in [-0.15, -0.1) is 0 Å². The summed E-state index contributed by atoms with van der Waals surface area (Å²) in [5, 5.41) is 0. The largest absolute Gasteiger partial charge is 0.497 e. The van der Waals surface area contributed by atoms with Crippen LogP contribution in [0.2, 0.25) is 0 Å². The molecule has 0 saturated heterocycles.